The topological polar surface area (TPSA) is 58.1 Å². The molecule has 2 heterocycles. The average Bonchev–Trinajstić information content (AvgIpc) is 3.02. The molecule has 1 aliphatic heterocycles. The van der Waals surface area contributed by atoms with Gasteiger partial charge >= 0.3 is 0 Å². The largest absolute Gasteiger partial charge is 0.341 e. The zero-order valence-electron chi connectivity index (χ0n) is 15.7. The number of hydrogen-bond donors (Lipinski definition) is 1. The van der Waals surface area contributed by atoms with Gasteiger partial charge in [0.1, 0.15) is 0 Å². The van der Waals surface area contributed by atoms with Crippen LogP contribution in [0, 0.1) is 18.8 Å². The molecule has 5 nitrogen and oxygen atoms in total. The summed E-state index contributed by atoms with van der Waals surface area (Å²) in [5, 5.41) is 12.3. The van der Waals surface area contributed by atoms with Crippen molar-refractivity contribution in [3.8, 4) is 0 Å². The lowest BCUT2D eigenvalue weighted by molar-refractivity contribution is -0.132. The highest BCUT2D eigenvalue weighted by molar-refractivity contribution is 8.02. The first-order chi connectivity index (χ1) is 12.4. The Morgan fingerprint density at radius 3 is 2.54 bits per heavy atom. The monoisotopic (exact) mass is 390 g/mol. The predicted molar refractivity (Wildman–Crippen MR) is 109 cm³/mol. The summed E-state index contributed by atoms with van der Waals surface area (Å²) < 4.78 is 0.818. The molecule has 1 aromatic carbocycles. The van der Waals surface area contributed by atoms with Crippen LogP contribution in [0.1, 0.15) is 32.8 Å². The summed E-state index contributed by atoms with van der Waals surface area (Å²) in [6.07, 6.45) is 1.20. The van der Waals surface area contributed by atoms with Gasteiger partial charge in [0.15, 0.2) is 4.34 Å². The molecule has 140 valence electrons. The van der Waals surface area contributed by atoms with Crippen LogP contribution >= 0.6 is 23.1 Å². The minimum absolute atomic E-state index is 0.146. The fourth-order valence-corrected chi connectivity index (χ4v) is 5.37. The molecule has 0 bridgehead atoms. The lowest BCUT2D eigenvalue weighted by Gasteiger charge is -2.36. The maximum Gasteiger partial charge on any atom is 0.235 e. The second-order valence-electron chi connectivity index (χ2n) is 7.31. The van der Waals surface area contributed by atoms with Gasteiger partial charge in [-0.05, 0) is 44.2 Å². The highest BCUT2D eigenvalue weighted by Gasteiger charge is 2.29. The zero-order chi connectivity index (χ0) is 18.7. The van der Waals surface area contributed by atoms with E-state index in [2.05, 4.69) is 48.4 Å². The summed E-state index contributed by atoms with van der Waals surface area (Å²) in [6, 6.07) is 8.16. The maximum atomic E-state index is 12.8. The highest BCUT2D eigenvalue weighted by Crippen LogP contribution is 2.32. The lowest BCUT2D eigenvalue weighted by atomic mass is 9.92. The molecule has 1 amide bonds. The molecule has 0 saturated carbocycles. The Morgan fingerprint density at radius 1 is 1.23 bits per heavy atom. The van der Waals surface area contributed by atoms with Crippen LogP contribution < -0.4 is 5.32 Å². The van der Waals surface area contributed by atoms with Gasteiger partial charge in [-0.1, -0.05) is 54.6 Å². The molecule has 26 heavy (non-hydrogen) atoms. The summed E-state index contributed by atoms with van der Waals surface area (Å²) in [7, 11) is 0. The summed E-state index contributed by atoms with van der Waals surface area (Å²) in [5.74, 6) is 1.36. The molecule has 2 aromatic rings. The van der Waals surface area contributed by atoms with E-state index in [0.29, 0.717) is 11.8 Å². The minimum atomic E-state index is -0.146. The normalized spacial score (nSPS) is 21.5. The maximum absolute atomic E-state index is 12.8. The van der Waals surface area contributed by atoms with E-state index in [0.717, 1.165) is 28.2 Å². The van der Waals surface area contributed by atoms with Crippen LogP contribution in [0.5, 0.6) is 0 Å². The van der Waals surface area contributed by atoms with Gasteiger partial charge in [-0.25, -0.2) is 0 Å². The molecule has 0 spiro atoms. The van der Waals surface area contributed by atoms with Crippen LogP contribution in [0.2, 0.25) is 0 Å². The van der Waals surface area contributed by atoms with Crippen molar-refractivity contribution in [1.29, 1.82) is 0 Å². The quantitative estimate of drug-likeness (QED) is 0.758. The van der Waals surface area contributed by atoms with E-state index in [1.54, 1.807) is 0 Å². The summed E-state index contributed by atoms with van der Waals surface area (Å²) >= 11 is 2.98. The van der Waals surface area contributed by atoms with Gasteiger partial charge < -0.3 is 10.2 Å². The zero-order valence-corrected chi connectivity index (χ0v) is 17.4. The minimum Gasteiger partial charge on any atom is -0.341 e. The van der Waals surface area contributed by atoms with Crippen LogP contribution in [0.4, 0.5) is 10.8 Å². The average molecular weight is 391 g/mol. The number of anilines is 2. The number of aryl methyl sites for hydroxylation is 1. The summed E-state index contributed by atoms with van der Waals surface area (Å²) in [6.45, 7) is 10.2. The molecule has 0 aliphatic carbocycles. The molecule has 3 unspecified atom stereocenters. The molecular weight excluding hydrogens is 364 g/mol. The standard InChI is InChI=1S/C19H26N4OS2/c1-12-5-7-16(8-6-12)20-18-21-22-19(26-18)25-15(4)17(24)23-10-13(2)9-14(3)11-23/h5-8,13-15H,9-11H2,1-4H3,(H,20,21). The molecule has 3 atom stereocenters. The van der Waals surface area contributed by atoms with Gasteiger partial charge in [0, 0.05) is 18.8 Å². The van der Waals surface area contributed by atoms with E-state index in [-0.39, 0.29) is 11.2 Å². The van der Waals surface area contributed by atoms with Crippen molar-refractivity contribution in [1.82, 2.24) is 15.1 Å². The van der Waals surface area contributed by atoms with Crippen molar-refractivity contribution in [2.24, 2.45) is 11.8 Å². The number of hydrogen-bond acceptors (Lipinski definition) is 6. The van der Waals surface area contributed by atoms with E-state index >= 15 is 0 Å². The fraction of sp³-hybridized carbons (Fsp3) is 0.526. The first kappa shape index (κ1) is 19.2. The number of carbonyl (C=O) groups excluding carboxylic acids is 1. The number of carbonyl (C=O) groups is 1. The Kier molecular flexibility index (Phi) is 6.19. The lowest BCUT2D eigenvalue weighted by Crippen LogP contribution is -2.45. The number of aromatic nitrogens is 2. The first-order valence-electron chi connectivity index (χ1n) is 9.03. The van der Waals surface area contributed by atoms with Crippen molar-refractivity contribution in [3.05, 3.63) is 29.8 Å². The Hall–Kier alpha value is -1.60. The Labute approximate surface area is 163 Å². The molecule has 1 N–H and O–H groups in total. The Morgan fingerprint density at radius 2 is 1.88 bits per heavy atom. The third-order valence-electron chi connectivity index (χ3n) is 4.52. The van der Waals surface area contributed by atoms with Crippen molar-refractivity contribution < 1.29 is 4.79 Å². The molecule has 0 radical (unpaired) electrons. The number of likely N-dealkylation sites (tertiary alicyclic amines) is 1. The molecule has 3 rings (SSSR count). The second-order valence-corrected chi connectivity index (χ2v) is 9.88. The molecule has 1 aliphatic rings. The van der Waals surface area contributed by atoms with Crippen molar-refractivity contribution in [2.45, 2.75) is 43.7 Å². The third kappa shape index (κ3) is 4.98. The van der Waals surface area contributed by atoms with E-state index in [1.807, 2.05) is 24.0 Å². The van der Waals surface area contributed by atoms with E-state index < -0.39 is 0 Å². The number of thioether (sulfide) groups is 1. The van der Waals surface area contributed by atoms with Crippen LogP contribution in [-0.4, -0.2) is 39.3 Å². The van der Waals surface area contributed by atoms with Crippen LogP contribution in [0.25, 0.3) is 0 Å². The van der Waals surface area contributed by atoms with Gasteiger partial charge in [-0.15, -0.1) is 10.2 Å². The van der Waals surface area contributed by atoms with Gasteiger partial charge in [0.25, 0.3) is 0 Å². The van der Waals surface area contributed by atoms with Crippen molar-refractivity contribution in [2.75, 3.05) is 18.4 Å². The number of piperidine rings is 1. The van der Waals surface area contributed by atoms with E-state index in [1.165, 1.54) is 35.1 Å². The number of rotatable bonds is 5. The molecule has 1 fully saturated rings. The Balaban J connectivity index is 1.57. The van der Waals surface area contributed by atoms with Crippen LogP contribution in [0.3, 0.4) is 0 Å². The molecule has 1 saturated heterocycles. The van der Waals surface area contributed by atoms with Gasteiger partial charge in [-0.2, -0.15) is 0 Å². The van der Waals surface area contributed by atoms with E-state index in [4.69, 9.17) is 0 Å². The van der Waals surface area contributed by atoms with Gasteiger partial charge in [-0.3, -0.25) is 4.79 Å². The SMILES string of the molecule is Cc1ccc(Nc2nnc(SC(C)C(=O)N3CC(C)CC(C)C3)s2)cc1. The Bertz CT molecular complexity index is 736. The smallest absolute Gasteiger partial charge is 0.235 e. The number of amides is 1. The van der Waals surface area contributed by atoms with Gasteiger partial charge in [0.2, 0.25) is 11.0 Å². The summed E-state index contributed by atoms with van der Waals surface area (Å²) in [4.78, 5) is 14.8. The number of benzene rings is 1. The molecule has 1 aromatic heterocycles. The van der Waals surface area contributed by atoms with Crippen molar-refractivity contribution in [3.63, 3.8) is 0 Å². The molecular formula is C19H26N4OS2. The van der Waals surface area contributed by atoms with Crippen LogP contribution in [0.15, 0.2) is 28.6 Å². The predicted octanol–water partition coefficient (Wildman–Crippen LogP) is 4.58. The summed E-state index contributed by atoms with van der Waals surface area (Å²) in [5.41, 5.74) is 2.21. The van der Waals surface area contributed by atoms with Crippen molar-refractivity contribution >= 4 is 39.8 Å². The molecule has 7 heteroatoms. The highest BCUT2D eigenvalue weighted by atomic mass is 32.2. The van der Waals surface area contributed by atoms with E-state index in [9.17, 15) is 4.79 Å². The second kappa shape index (κ2) is 8.39. The fourth-order valence-electron chi connectivity index (χ4n) is 3.37. The number of nitrogens with one attached hydrogen (secondary N) is 1. The third-order valence-corrected chi connectivity index (χ3v) is 6.53. The number of nitrogens with zero attached hydrogens (tertiary/aromatic N) is 3. The van der Waals surface area contributed by atoms with Crippen LogP contribution in [-0.2, 0) is 4.79 Å². The van der Waals surface area contributed by atoms with Gasteiger partial charge in [0.05, 0.1) is 5.25 Å². The first-order valence-corrected chi connectivity index (χ1v) is 10.7.